The second kappa shape index (κ2) is 5.18. The lowest BCUT2D eigenvalue weighted by Crippen LogP contribution is -2.19. The van der Waals surface area contributed by atoms with E-state index in [1.165, 1.54) is 0 Å². The molecule has 1 aliphatic heterocycles. The van der Waals surface area contributed by atoms with Gasteiger partial charge >= 0.3 is 0 Å². The summed E-state index contributed by atoms with van der Waals surface area (Å²) in [5.41, 5.74) is 1.02. The zero-order chi connectivity index (χ0) is 15.0. The zero-order valence-corrected chi connectivity index (χ0v) is 13.0. The van der Waals surface area contributed by atoms with Crippen LogP contribution in [0.3, 0.4) is 0 Å². The Morgan fingerprint density at radius 2 is 1.71 bits per heavy atom. The van der Waals surface area contributed by atoms with Crippen LogP contribution in [-0.4, -0.2) is 26.5 Å². The molecular weight excluding hydrogens is 288 g/mol. The number of anilines is 1. The lowest BCUT2D eigenvalue weighted by molar-refractivity contribution is 0.513. The summed E-state index contributed by atoms with van der Waals surface area (Å²) in [5.74, 6) is 0.758. The lowest BCUT2D eigenvalue weighted by atomic mass is 10.2. The Kier molecular flexibility index (Phi) is 3.49. The first kappa shape index (κ1) is 14.1. The number of sulfone groups is 1. The summed E-state index contributed by atoms with van der Waals surface area (Å²) in [4.78, 5) is 6.34. The van der Waals surface area contributed by atoms with Gasteiger partial charge in [0.15, 0.2) is 5.89 Å². The Morgan fingerprint density at radius 3 is 2.33 bits per heavy atom. The van der Waals surface area contributed by atoms with Crippen molar-refractivity contribution >= 4 is 15.7 Å². The van der Waals surface area contributed by atoms with Crippen LogP contribution in [0.1, 0.15) is 24.3 Å². The Balaban J connectivity index is 2.08. The van der Waals surface area contributed by atoms with Crippen molar-refractivity contribution < 1.29 is 12.8 Å². The summed E-state index contributed by atoms with van der Waals surface area (Å²) in [6.45, 7) is 5.22. The van der Waals surface area contributed by atoms with Gasteiger partial charge in [-0.2, -0.15) is 4.98 Å². The molecule has 6 heteroatoms. The first-order chi connectivity index (χ1) is 9.98. The van der Waals surface area contributed by atoms with Crippen LogP contribution in [0.2, 0.25) is 0 Å². The smallest absolute Gasteiger partial charge is 0.236 e. The topological polar surface area (TPSA) is 63.4 Å². The van der Waals surface area contributed by atoms with Crippen molar-refractivity contribution in [3.63, 3.8) is 0 Å². The van der Waals surface area contributed by atoms with Crippen molar-refractivity contribution in [1.29, 1.82) is 0 Å². The normalized spacial score (nSPS) is 15.6. The van der Waals surface area contributed by atoms with Crippen molar-refractivity contribution in [2.24, 2.45) is 0 Å². The zero-order valence-electron chi connectivity index (χ0n) is 12.2. The first-order valence-electron chi connectivity index (χ1n) is 7.02. The standard InChI is InChI=1S/C15H18N2O3S/c1-11-5-7-13(8-6-11)21(18,19)14-15(20-12(2)16-14)17-9-3-4-10-17/h5-8H,3-4,9-10H2,1-2H3. The van der Waals surface area contributed by atoms with Crippen LogP contribution < -0.4 is 4.90 Å². The minimum absolute atomic E-state index is 0.0331. The van der Waals surface area contributed by atoms with Gasteiger partial charge in [-0.25, -0.2) is 8.42 Å². The SMILES string of the molecule is Cc1ccc(S(=O)(=O)c2nc(C)oc2N2CCCC2)cc1. The average Bonchev–Trinajstić information content (AvgIpc) is 3.08. The fraction of sp³-hybridized carbons (Fsp3) is 0.400. The van der Waals surface area contributed by atoms with Crippen molar-refractivity contribution in [1.82, 2.24) is 4.98 Å². The second-order valence-electron chi connectivity index (χ2n) is 5.35. The predicted molar refractivity (Wildman–Crippen MR) is 79.3 cm³/mol. The molecule has 0 bridgehead atoms. The molecule has 1 aliphatic rings. The Morgan fingerprint density at radius 1 is 1.10 bits per heavy atom. The van der Waals surface area contributed by atoms with Gasteiger partial charge in [0.2, 0.25) is 20.7 Å². The van der Waals surface area contributed by atoms with Crippen molar-refractivity contribution in [2.45, 2.75) is 36.6 Å². The monoisotopic (exact) mass is 306 g/mol. The van der Waals surface area contributed by atoms with Crippen LogP contribution in [0.4, 0.5) is 5.88 Å². The van der Waals surface area contributed by atoms with Crippen molar-refractivity contribution in [3.8, 4) is 0 Å². The molecule has 0 spiro atoms. The minimum atomic E-state index is -3.65. The molecule has 112 valence electrons. The van der Waals surface area contributed by atoms with Gasteiger partial charge in [-0.1, -0.05) is 17.7 Å². The van der Waals surface area contributed by atoms with E-state index < -0.39 is 9.84 Å². The van der Waals surface area contributed by atoms with E-state index in [1.807, 2.05) is 11.8 Å². The van der Waals surface area contributed by atoms with Gasteiger partial charge in [0.1, 0.15) is 0 Å². The predicted octanol–water partition coefficient (Wildman–Crippen LogP) is 2.72. The van der Waals surface area contributed by atoms with E-state index in [9.17, 15) is 8.42 Å². The molecule has 1 aromatic carbocycles. The molecule has 0 amide bonds. The third-order valence-corrected chi connectivity index (χ3v) is 5.33. The van der Waals surface area contributed by atoms with Gasteiger partial charge in [-0.3, -0.25) is 0 Å². The average molecular weight is 306 g/mol. The molecule has 21 heavy (non-hydrogen) atoms. The van der Waals surface area contributed by atoms with Gasteiger partial charge in [0.25, 0.3) is 0 Å². The third kappa shape index (κ3) is 2.55. The summed E-state index contributed by atoms with van der Waals surface area (Å²) in [5, 5.41) is 0.0331. The Labute approximate surface area is 124 Å². The number of nitrogens with zero attached hydrogens (tertiary/aromatic N) is 2. The molecule has 1 fully saturated rings. The number of rotatable bonds is 3. The number of benzene rings is 1. The molecule has 0 N–H and O–H groups in total. The van der Waals surface area contributed by atoms with Gasteiger partial charge in [0.05, 0.1) is 4.90 Å². The van der Waals surface area contributed by atoms with Crippen molar-refractivity contribution in [3.05, 3.63) is 35.7 Å². The molecule has 3 rings (SSSR count). The van der Waals surface area contributed by atoms with E-state index >= 15 is 0 Å². The maximum absolute atomic E-state index is 12.8. The first-order valence-corrected chi connectivity index (χ1v) is 8.51. The summed E-state index contributed by atoms with van der Waals surface area (Å²) in [6.07, 6.45) is 2.09. The number of aromatic nitrogens is 1. The van der Waals surface area contributed by atoms with Crippen LogP contribution in [0.15, 0.2) is 38.6 Å². The highest BCUT2D eigenvalue weighted by Gasteiger charge is 2.31. The third-order valence-electron chi connectivity index (χ3n) is 3.67. The largest absolute Gasteiger partial charge is 0.424 e. The van der Waals surface area contributed by atoms with Gasteiger partial charge < -0.3 is 9.32 Å². The molecule has 5 nitrogen and oxygen atoms in total. The van der Waals surface area contributed by atoms with Gasteiger partial charge in [-0.05, 0) is 31.9 Å². The summed E-state index contributed by atoms with van der Waals surface area (Å²) >= 11 is 0. The lowest BCUT2D eigenvalue weighted by Gasteiger charge is -2.14. The summed E-state index contributed by atoms with van der Waals surface area (Å²) in [7, 11) is -3.65. The number of hydrogen-bond donors (Lipinski definition) is 0. The number of hydrogen-bond acceptors (Lipinski definition) is 5. The molecule has 0 radical (unpaired) electrons. The van der Waals surface area contributed by atoms with Gasteiger partial charge in [0, 0.05) is 20.0 Å². The Hall–Kier alpha value is -1.82. The Bertz CT molecular complexity index is 742. The molecule has 1 saturated heterocycles. The fourth-order valence-corrected chi connectivity index (χ4v) is 3.89. The summed E-state index contributed by atoms with van der Waals surface area (Å²) < 4.78 is 31.1. The molecule has 1 aromatic heterocycles. The van der Waals surface area contributed by atoms with E-state index in [0.717, 1.165) is 31.5 Å². The fourth-order valence-electron chi connectivity index (χ4n) is 2.52. The summed E-state index contributed by atoms with van der Waals surface area (Å²) in [6, 6.07) is 6.80. The highest BCUT2D eigenvalue weighted by atomic mass is 32.2. The maximum atomic E-state index is 12.8. The highest BCUT2D eigenvalue weighted by molar-refractivity contribution is 7.91. The number of aryl methyl sites for hydroxylation is 2. The van der Waals surface area contributed by atoms with E-state index in [2.05, 4.69) is 4.98 Å². The van der Waals surface area contributed by atoms with Crippen molar-refractivity contribution in [2.75, 3.05) is 18.0 Å². The number of oxazole rings is 1. The van der Waals surface area contributed by atoms with Crippen LogP contribution >= 0.6 is 0 Å². The van der Waals surface area contributed by atoms with E-state index in [-0.39, 0.29) is 9.92 Å². The van der Waals surface area contributed by atoms with Crippen LogP contribution in [0.5, 0.6) is 0 Å². The van der Waals surface area contributed by atoms with Crippen LogP contribution in [0.25, 0.3) is 0 Å². The molecule has 0 aliphatic carbocycles. The van der Waals surface area contributed by atoms with E-state index in [1.54, 1.807) is 31.2 Å². The highest BCUT2D eigenvalue weighted by Crippen LogP contribution is 2.32. The van der Waals surface area contributed by atoms with E-state index in [4.69, 9.17) is 4.42 Å². The molecule has 2 heterocycles. The van der Waals surface area contributed by atoms with Crippen LogP contribution in [-0.2, 0) is 9.84 Å². The maximum Gasteiger partial charge on any atom is 0.236 e. The molecule has 0 saturated carbocycles. The minimum Gasteiger partial charge on any atom is -0.424 e. The second-order valence-corrected chi connectivity index (χ2v) is 7.22. The van der Waals surface area contributed by atoms with Gasteiger partial charge in [-0.15, -0.1) is 0 Å². The molecule has 0 unspecified atom stereocenters. The molecule has 2 aromatic rings. The molecule has 0 atom stereocenters. The quantitative estimate of drug-likeness (QED) is 0.872. The molecular formula is C15H18N2O3S. The van der Waals surface area contributed by atoms with Crippen LogP contribution in [0, 0.1) is 13.8 Å². The van der Waals surface area contributed by atoms with E-state index in [0.29, 0.717) is 11.8 Å².